The van der Waals surface area contributed by atoms with Crippen molar-refractivity contribution in [3.63, 3.8) is 0 Å². The molecule has 31 heavy (non-hydrogen) atoms. The summed E-state index contributed by atoms with van der Waals surface area (Å²) in [4.78, 5) is 23.2. The van der Waals surface area contributed by atoms with Crippen LogP contribution in [0.2, 0.25) is 0 Å². The molecule has 3 rings (SSSR count). The van der Waals surface area contributed by atoms with Gasteiger partial charge >= 0.3 is 6.03 Å². The number of hydrogen-bond acceptors (Lipinski definition) is 5. The summed E-state index contributed by atoms with van der Waals surface area (Å²) in [5.41, 5.74) is 4.45. The number of carbonyl (C=O) groups is 1. The number of nitrogens with one attached hydrogen (secondary N) is 3. The molecule has 0 radical (unpaired) electrons. The Bertz CT molecular complexity index is 1040. The SMILES string of the molecule is Cc1cc(N(C)C)nc(Nc2ccc(NC(=O)Nc3ccc(C(C)(C)C)cc3)cc2)n1. The molecule has 0 aliphatic rings. The van der Waals surface area contributed by atoms with Gasteiger partial charge < -0.3 is 20.9 Å². The van der Waals surface area contributed by atoms with Crippen LogP contribution in [0.25, 0.3) is 0 Å². The summed E-state index contributed by atoms with van der Waals surface area (Å²) in [6.07, 6.45) is 0. The van der Waals surface area contributed by atoms with Crippen LogP contribution >= 0.6 is 0 Å². The zero-order valence-electron chi connectivity index (χ0n) is 18.9. The number of carbonyl (C=O) groups excluding carboxylic acids is 1. The largest absolute Gasteiger partial charge is 0.363 e. The predicted molar refractivity (Wildman–Crippen MR) is 129 cm³/mol. The smallest absolute Gasteiger partial charge is 0.323 e. The van der Waals surface area contributed by atoms with E-state index in [1.165, 1.54) is 5.56 Å². The van der Waals surface area contributed by atoms with Gasteiger partial charge in [-0.05, 0) is 54.3 Å². The molecule has 3 aromatic rings. The topological polar surface area (TPSA) is 82.2 Å². The third-order valence-corrected chi connectivity index (χ3v) is 4.71. The van der Waals surface area contributed by atoms with Gasteiger partial charge in [-0.25, -0.2) is 9.78 Å². The zero-order chi connectivity index (χ0) is 22.6. The minimum atomic E-state index is -0.290. The minimum Gasteiger partial charge on any atom is -0.363 e. The fourth-order valence-corrected chi connectivity index (χ4v) is 2.95. The number of anilines is 5. The lowest BCUT2D eigenvalue weighted by atomic mass is 9.87. The summed E-state index contributed by atoms with van der Waals surface area (Å²) < 4.78 is 0. The van der Waals surface area contributed by atoms with E-state index in [-0.39, 0.29) is 11.4 Å². The molecule has 0 bridgehead atoms. The van der Waals surface area contributed by atoms with Crippen LogP contribution in [0.5, 0.6) is 0 Å². The summed E-state index contributed by atoms with van der Waals surface area (Å²) in [7, 11) is 3.88. The van der Waals surface area contributed by atoms with Gasteiger partial charge in [-0.1, -0.05) is 32.9 Å². The van der Waals surface area contributed by atoms with Gasteiger partial charge in [0.1, 0.15) is 5.82 Å². The second-order valence-corrected chi connectivity index (χ2v) is 8.69. The van der Waals surface area contributed by atoms with E-state index in [1.807, 2.05) is 80.5 Å². The molecular weight excluding hydrogens is 388 g/mol. The molecule has 0 atom stereocenters. The molecule has 2 aromatic carbocycles. The maximum Gasteiger partial charge on any atom is 0.323 e. The highest BCUT2D eigenvalue weighted by Gasteiger charge is 2.13. The quantitative estimate of drug-likeness (QED) is 0.507. The Morgan fingerprint density at radius 1 is 0.839 bits per heavy atom. The fraction of sp³-hybridized carbons (Fsp3) is 0.292. The van der Waals surface area contributed by atoms with Gasteiger partial charge in [0.2, 0.25) is 5.95 Å². The van der Waals surface area contributed by atoms with E-state index >= 15 is 0 Å². The van der Waals surface area contributed by atoms with E-state index in [0.29, 0.717) is 11.6 Å². The highest BCUT2D eigenvalue weighted by Crippen LogP contribution is 2.24. The average Bonchev–Trinajstić information content (AvgIpc) is 2.68. The first kappa shape index (κ1) is 22.1. The van der Waals surface area contributed by atoms with Gasteiger partial charge in [0.25, 0.3) is 0 Å². The molecule has 0 saturated heterocycles. The number of aromatic nitrogens is 2. The maximum atomic E-state index is 12.3. The molecular formula is C24H30N6O. The van der Waals surface area contributed by atoms with Gasteiger partial charge in [0, 0.05) is 42.9 Å². The number of urea groups is 1. The number of rotatable bonds is 5. The molecule has 0 unspecified atom stereocenters. The Balaban J connectivity index is 1.60. The van der Waals surface area contributed by atoms with Crippen LogP contribution in [0.1, 0.15) is 32.0 Å². The summed E-state index contributed by atoms with van der Waals surface area (Å²) in [6, 6.07) is 16.9. The van der Waals surface area contributed by atoms with Crippen molar-refractivity contribution in [2.75, 3.05) is 34.9 Å². The Morgan fingerprint density at radius 3 is 1.87 bits per heavy atom. The maximum absolute atomic E-state index is 12.3. The summed E-state index contributed by atoms with van der Waals surface area (Å²) in [5, 5.41) is 8.90. The van der Waals surface area contributed by atoms with Crippen molar-refractivity contribution in [1.82, 2.24) is 9.97 Å². The molecule has 2 amide bonds. The molecule has 162 valence electrons. The van der Waals surface area contributed by atoms with Gasteiger partial charge in [0.05, 0.1) is 0 Å². The highest BCUT2D eigenvalue weighted by molar-refractivity contribution is 5.99. The predicted octanol–water partition coefficient (Wildman–Crippen LogP) is 5.54. The molecule has 0 aliphatic heterocycles. The van der Waals surface area contributed by atoms with Crippen molar-refractivity contribution in [2.45, 2.75) is 33.1 Å². The molecule has 0 saturated carbocycles. The Morgan fingerprint density at radius 2 is 1.35 bits per heavy atom. The lowest BCUT2D eigenvalue weighted by Gasteiger charge is -2.19. The van der Waals surface area contributed by atoms with Crippen LogP contribution in [0, 0.1) is 6.92 Å². The van der Waals surface area contributed by atoms with Crippen molar-refractivity contribution < 1.29 is 4.79 Å². The average molecular weight is 419 g/mol. The Kier molecular flexibility index (Phi) is 6.44. The third kappa shape index (κ3) is 6.18. The van der Waals surface area contributed by atoms with Crippen molar-refractivity contribution in [2.24, 2.45) is 0 Å². The summed E-state index contributed by atoms with van der Waals surface area (Å²) >= 11 is 0. The normalized spacial score (nSPS) is 11.0. The van der Waals surface area contributed by atoms with Crippen LogP contribution in [0.3, 0.4) is 0 Å². The van der Waals surface area contributed by atoms with Crippen molar-refractivity contribution >= 4 is 34.9 Å². The number of amides is 2. The minimum absolute atomic E-state index is 0.0775. The first-order chi connectivity index (χ1) is 14.6. The molecule has 0 aliphatic carbocycles. The Labute approximate surface area is 183 Å². The molecule has 1 heterocycles. The van der Waals surface area contributed by atoms with E-state index < -0.39 is 0 Å². The van der Waals surface area contributed by atoms with Crippen molar-refractivity contribution in [3.8, 4) is 0 Å². The standard InChI is InChI=1S/C24H30N6O/c1-16-15-21(30(5)6)29-22(25-16)26-18-11-13-20(14-12-18)28-23(31)27-19-9-7-17(8-10-19)24(2,3)4/h7-15H,1-6H3,(H,25,26,29)(H2,27,28,31). The van der Waals surface area contributed by atoms with E-state index in [1.54, 1.807) is 0 Å². The molecule has 7 heteroatoms. The number of benzene rings is 2. The number of hydrogen-bond donors (Lipinski definition) is 3. The Hall–Kier alpha value is -3.61. The lowest BCUT2D eigenvalue weighted by molar-refractivity contribution is 0.262. The van der Waals surface area contributed by atoms with Crippen LogP contribution in [0.4, 0.5) is 33.6 Å². The number of aryl methyl sites for hydroxylation is 1. The van der Waals surface area contributed by atoms with Crippen LogP contribution in [0.15, 0.2) is 54.6 Å². The van der Waals surface area contributed by atoms with Crippen LogP contribution in [-0.4, -0.2) is 30.1 Å². The third-order valence-electron chi connectivity index (χ3n) is 4.71. The van der Waals surface area contributed by atoms with E-state index in [9.17, 15) is 4.79 Å². The van der Waals surface area contributed by atoms with Gasteiger partial charge in [-0.15, -0.1) is 0 Å². The van der Waals surface area contributed by atoms with Crippen molar-refractivity contribution in [3.05, 3.63) is 65.9 Å². The summed E-state index contributed by atoms with van der Waals surface area (Å²) in [6.45, 7) is 8.41. The first-order valence-corrected chi connectivity index (χ1v) is 10.2. The van der Waals surface area contributed by atoms with Gasteiger partial charge in [-0.3, -0.25) is 0 Å². The molecule has 1 aromatic heterocycles. The van der Waals surface area contributed by atoms with E-state index in [4.69, 9.17) is 0 Å². The highest BCUT2D eigenvalue weighted by atomic mass is 16.2. The molecule has 7 nitrogen and oxygen atoms in total. The second-order valence-electron chi connectivity index (χ2n) is 8.69. The second kappa shape index (κ2) is 9.04. The van der Waals surface area contributed by atoms with Crippen molar-refractivity contribution in [1.29, 1.82) is 0 Å². The molecule has 0 fully saturated rings. The molecule has 0 spiro atoms. The number of nitrogens with zero attached hydrogens (tertiary/aromatic N) is 3. The van der Waals surface area contributed by atoms with Crippen LogP contribution < -0.4 is 20.9 Å². The zero-order valence-corrected chi connectivity index (χ0v) is 18.9. The van der Waals surface area contributed by atoms with E-state index in [0.717, 1.165) is 22.9 Å². The van der Waals surface area contributed by atoms with E-state index in [2.05, 4.69) is 46.7 Å². The monoisotopic (exact) mass is 418 g/mol. The fourth-order valence-electron chi connectivity index (χ4n) is 2.95. The van der Waals surface area contributed by atoms with Gasteiger partial charge in [0.15, 0.2) is 0 Å². The lowest BCUT2D eigenvalue weighted by Crippen LogP contribution is -2.19. The first-order valence-electron chi connectivity index (χ1n) is 10.2. The van der Waals surface area contributed by atoms with Crippen LogP contribution in [-0.2, 0) is 5.41 Å². The summed E-state index contributed by atoms with van der Waals surface area (Å²) in [5.74, 6) is 1.36. The molecule has 3 N–H and O–H groups in total. The van der Waals surface area contributed by atoms with Gasteiger partial charge in [-0.2, -0.15) is 4.98 Å².